The lowest BCUT2D eigenvalue weighted by atomic mass is 9.76. The largest absolute Gasteiger partial charge is 0.480 e. The van der Waals surface area contributed by atoms with E-state index in [0.29, 0.717) is 25.0 Å². The van der Waals surface area contributed by atoms with Gasteiger partial charge in [0.1, 0.15) is 0 Å². The summed E-state index contributed by atoms with van der Waals surface area (Å²) in [6.45, 7) is 2.35. The SMILES string of the molecule is CCOC(=O)C(CCCCOC)(C(=O)O)c1ccccc1. The first-order valence-corrected chi connectivity index (χ1v) is 7.04. The van der Waals surface area contributed by atoms with Crippen molar-refractivity contribution in [2.45, 2.75) is 31.6 Å². The fourth-order valence-corrected chi connectivity index (χ4v) is 2.30. The van der Waals surface area contributed by atoms with Crippen molar-refractivity contribution >= 4 is 11.9 Å². The second-order valence-electron chi connectivity index (χ2n) is 4.75. The van der Waals surface area contributed by atoms with Crippen molar-refractivity contribution in [2.24, 2.45) is 0 Å². The molecule has 0 fully saturated rings. The molecule has 0 saturated carbocycles. The highest BCUT2D eigenvalue weighted by atomic mass is 16.5. The first kappa shape index (κ1) is 17.2. The summed E-state index contributed by atoms with van der Waals surface area (Å²) in [5.41, 5.74) is -1.20. The Labute approximate surface area is 124 Å². The Morgan fingerprint density at radius 1 is 1.19 bits per heavy atom. The maximum atomic E-state index is 12.3. The molecule has 1 aromatic carbocycles. The molecule has 116 valence electrons. The van der Waals surface area contributed by atoms with Gasteiger partial charge < -0.3 is 14.6 Å². The van der Waals surface area contributed by atoms with Crippen molar-refractivity contribution in [1.82, 2.24) is 0 Å². The predicted octanol–water partition coefficient (Wildman–Crippen LogP) is 2.39. The Hall–Kier alpha value is -1.88. The molecule has 0 amide bonds. The number of carbonyl (C=O) groups is 2. The summed E-state index contributed by atoms with van der Waals surface area (Å²) < 4.78 is 10.00. The van der Waals surface area contributed by atoms with Crippen LogP contribution in [-0.4, -0.2) is 37.4 Å². The molecule has 0 aliphatic heterocycles. The zero-order valence-electron chi connectivity index (χ0n) is 12.5. The minimum atomic E-state index is -1.65. The number of unbranched alkanes of at least 4 members (excludes halogenated alkanes) is 1. The number of carboxylic acid groups (broad SMARTS) is 1. The number of esters is 1. The Kier molecular flexibility index (Phi) is 6.88. The minimum absolute atomic E-state index is 0.152. The molecule has 1 N–H and O–H groups in total. The molecule has 5 heteroatoms. The first-order chi connectivity index (χ1) is 10.1. The molecule has 1 rings (SSSR count). The number of rotatable bonds is 9. The van der Waals surface area contributed by atoms with Gasteiger partial charge in [-0.1, -0.05) is 30.3 Å². The lowest BCUT2D eigenvalue weighted by molar-refractivity contribution is -0.162. The standard InChI is InChI=1S/C16H22O5/c1-3-21-15(19)16(14(17)18,11-7-8-12-20-2)13-9-5-4-6-10-13/h4-6,9-10H,3,7-8,11-12H2,1-2H3,(H,17,18). The fraction of sp³-hybridized carbons (Fsp3) is 0.500. The van der Waals surface area contributed by atoms with Crippen LogP contribution in [0.4, 0.5) is 0 Å². The van der Waals surface area contributed by atoms with Gasteiger partial charge in [-0.15, -0.1) is 0 Å². The topological polar surface area (TPSA) is 72.8 Å². The number of aliphatic carboxylic acids is 1. The normalized spacial score (nSPS) is 13.4. The number of carbonyl (C=O) groups excluding carboxylic acids is 1. The van der Waals surface area contributed by atoms with E-state index in [1.165, 1.54) is 0 Å². The fourth-order valence-electron chi connectivity index (χ4n) is 2.30. The van der Waals surface area contributed by atoms with Crippen LogP contribution in [0.1, 0.15) is 31.7 Å². The highest BCUT2D eigenvalue weighted by molar-refractivity contribution is 6.05. The van der Waals surface area contributed by atoms with Gasteiger partial charge in [0, 0.05) is 13.7 Å². The van der Waals surface area contributed by atoms with Crippen molar-refractivity contribution in [2.75, 3.05) is 20.3 Å². The molecule has 0 radical (unpaired) electrons. The summed E-state index contributed by atoms with van der Waals surface area (Å²) in [6, 6.07) is 8.54. The predicted molar refractivity (Wildman–Crippen MR) is 78.1 cm³/mol. The van der Waals surface area contributed by atoms with E-state index in [1.54, 1.807) is 44.4 Å². The van der Waals surface area contributed by atoms with Gasteiger partial charge in [-0.2, -0.15) is 0 Å². The van der Waals surface area contributed by atoms with Crippen molar-refractivity contribution < 1.29 is 24.2 Å². The molecule has 21 heavy (non-hydrogen) atoms. The number of methoxy groups -OCH3 is 1. The summed E-state index contributed by atoms with van der Waals surface area (Å²) >= 11 is 0. The van der Waals surface area contributed by atoms with Gasteiger partial charge in [0.05, 0.1) is 6.61 Å². The number of hydrogen-bond donors (Lipinski definition) is 1. The van der Waals surface area contributed by atoms with Crippen LogP contribution in [0.25, 0.3) is 0 Å². The van der Waals surface area contributed by atoms with Gasteiger partial charge in [0.2, 0.25) is 0 Å². The average Bonchev–Trinajstić information content (AvgIpc) is 2.48. The molecule has 1 atom stereocenters. The van der Waals surface area contributed by atoms with Crippen LogP contribution in [-0.2, 0) is 24.5 Å². The number of benzene rings is 1. The van der Waals surface area contributed by atoms with E-state index in [2.05, 4.69) is 0 Å². The number of hydrogen-bond acceptors (Lipinski definition) is 4. The first-order valence-electron chi connectivity index (χ1n) is 7.04. The molecule has 5 nitrogen and oxygen atoms in total. The van der Waals surface area contributed by atoms with Crippen molar-refractivity contribution in [3.63, 3.8) is 0 Å². The van der Waals surface area contributed by atoms with Crippen molar-refractivity contribution in [1.29, 1.82) is 0 Å². The number of carboxylic acids is 1. The van der Waals surface area contributed by atoms with Crippen LogP contribution < -0.4 is 0 Å². The van der Waals surface area contributed by atoms with E-state index >= 15 is 0 Å². The molecular formula is C16H22O5. The highest BCUT2D eigenvalue weighted by Gasteiger charge is 2.48. The molecular weight excluding hydrogens is 272 g/mol. The molecule has 0 spiro atoms. The lowest BCUT2D eigenvalue weighted by Gasteiger charge is -2.27. The Bertz CT molecular complexity index is 457. The molecule has 0 saturated heterocycles. The van der Waals surface area contributed by atoms with Crippen LogP contribution in [0.3, 0.4) is 0 Å². The maximum absolute atomic E-state index is 12.3. The molecule has 0 heterocycles. The second-order valence-corrected chi connectivity index (χ2v) is 4.75. The van der Waals surface area contributed by atoms with Crippen LogP contribution in [0, 0.1) is 0 Å². The molecule has 1 unspecified atom stereocenters. The van der Waals surface area contributed by atoms with E-state index in [-0.39, 0.29) is 13.0 Å². The van der Waals surface area contributed by atoms with Crippen LogP contribution >= 0.6 is 0 Å². The maximum Gasteiger partial charge on any atom is 0.328 e. The van der Waals surface area contributed by atoms with E-state index < -0.39 is 17.4 Å². The summed E-state index contributed by atoms with van der Waals surface area (Å²) in [5.74, 6) is -1.88. The summed E-state index contributed by atoms with van der Waals surface area (Å²) in [7, 11) is 1.59. The van der Waals surface area contributed by atoms with Gasteiger partial charge in [-0.25, -0.2) is 0 Å². The van der Waals surface area contributed by atoms with Gasteiger partial charge in [-0.3, -0.25) is 9.59 Å². The third kappa shape index (κ3) is 4.04. The van der Waals surface area contributed by atoms with Gasteiger partial charge in [0.15, 0.2) is 5.41 Å². The van der Waals surface area contributed by atoms with Crippen LogP contribution in [0.2, 0.25) is 0 Å². The lowest BCUT2D eigenvalue weighted by Crippen LogP contribution is -2.45. The quantitative estimate of drug-likeness (QED) is 0.430. The van der Waals surface area contributed by atoms with Gasteiger partial charge in [0.25, 0.3) is 0 Å². The molecule has 0 aromatic heterocycles. The Morgan fingerprint density at radius 3 is 2.38 bits per heavy atom. The Morgan fingerprint density at radius 2 is 1.86 bits per heavy atom. The van der Waals surface area contributed by atoms with E-state index in [0.717, 1.165) is 0 Å². The Balaban J connectivity index is 3.11. The van der Waals surface area contributed by atoms with E-state index in [1.807, 2.05) is 0 Å². The van der Waals surface area contributed by atoms with Gasteiger partial charge in [-0.05, 0) is 31.7 Å². The van der Waals surface area contributed by atoms with Crippen molar-refractivity contribution in [3.8, 4) is 0 Å². The third-order valence-electron chi connectivity index (χ3n) is 3.41. The summed E-state index contributed by atoms with van der Waals surface area (Å²) in [6.07, 6.45) is 1.44. The average molecular weight is 294 g/mol. The van der Waals surface area contributed by atoms with E-state index in [9.17, 15) is 14.7 Å². The summed E-state index contributed by atoms with van der Waals surface area (Å²) in [4.78, 5) is 24.2. The van der Waals surface area contributed by atoms with Crippen LogP contribution in [0.15, 0.2) is 30.3 Å². The third-order valence-corrected chi connectivity index (χ3v) is 3.41. The second kappa shape index (κ2) is 8.42. The monoisotopic (exact) mass is 294 g/mol. The molecule has 0 aliphatic rings. The molecule has 0 aliphatic carbocycles. The smallest absolute Gasteiger partial charge is 0.328 e. The van der Waals surface area contributed by atoms with Gasteiger partial charge >= 0.3 is 11.9 Å². The summed E-state index contributed by atoms with van der Waals surface area (Å²) in [5, 5.41) is 9.70. The van der Waals surface area contributed by atoms with E-state index in [4.69, 9.17) is 9.47 Å². The van der Waals surface area contributed by atoms with Crippen LogP contribution in [0.5, 0.6) is 0 Å². The van der Waals surface area contributed by atoms with Crippen molar-refractivity contribution in [3.05, 3.63) is 35.9 Å². The minimum Gasteiger partial charge on any atom is -0.480 e. The molecule has 1 aromatic rings. The zero-order valence-corrected chi connectivity index (χ0v) is 12.5. The highest BCUT2D eigenvalue weighted by Crippen LogP contribution is 2.32. The molecule has 0 bridgehead atoms. The zero-order chi connectivity index (χ0) is 15.7. The number of ether oxygens (including phenoxy) is 2.